The number of hydrogen-bond donors (Lipinski definition) is 1. The number of nitrogens with one attached hydrogen (secondary N) is 1. The van der Waals surface area contributed by atoms with Crippen LogP contribution in [0.15, 0.2) is 42.5 Å². The fourth-order valence-electron chi connectivity index (χ4n) is 1.96. The summed E-state index contributed by atoms with van der Waals surface area (Å²) in [6.07, 6.45) is 0. The molecule has 0 saturated heterocycles. The number of nitrogens with zero attached hydrogens (tertiary/aromatic N) is 1. The van der Waals surface area contributed by atoms with Crippen LogP contribution in [0.5, 0.6) is 5.75 Å². The number of rotatable bonds is 9. The first-order valence-corrected chi connectivity index (χ1v) is 7.45. The molecular formula is C18H19FN2O3. The van der Waals surface area contributed by atoms with Gasteiger partial charge in [0.05, 0.1) is 18.8 Å². The van der Waals surface area contributed by atoms with Crippen molar-refractivity contribution in [1.29, 1.82) is 5.26 Å². The van der Waals surface area contributed by atoms with E-state index in [0.717, 1.165) is 11.3 Å². The summed E-state index contributed by atoms with van der Waals surface area (Å²) in [6, 6.07) is 13.6. The molecule has 5 nitrogen and oxygen atoms in total. The second-order valence-corrected chi connectivity index (χ2v) is 4.97. The molecule has 1 N–H and O–H groups in total. The van der Waals surface area contributed by atoms with Gasteiger partial charge in [-0.3, -0.25) is 0 Å². The van der Waals surface area contributed by atoms with Crippen LogP contribution in [0.2, 0.25) is 0 Å². The van der Waals surface area contributed by atoms with E-state index in [1.165, 1.54) is 12.1 Å². The minimum absolute atomic E-state index is 0.0411. The quantitative estimate of drug-likeness (QED) is 0.564. The SMILES string of the molecule is COCCOCOc1cc(NCc2ccc(F)cc2)ccc1C#N. The lowest BCUT2D eigenvalue weighted by Gasteiger charge is -2.12. The highest BCUT2D eigenvalue weighted by atomic mass is 19.1. The van der Waals surface area contributed by atoms with Crippen LogP contribution in [0, 0.1) is 17.1 Å². The monoisotopic (exact) mass is 330 g/mol. The van der Waals surface area contributed by atoms with Crippen LogP contribution in [0.25, 0.3) is 0 Å². The summed E-state index contributed by atoms with van der Waals surface area (Å²) in [6.45, 7) is 1.48. The van der Waals surface area contributed by atoms with Crippen molar-refractivity contribution in [1.82, 2.24) is 0 Å². The lowest BCUT2D eigenvalue weighted by Crippen LogP contribution is -2.08. The Morgan fingerprint density at radius 3 is 2.62 bits per heavy atom. The summed E-state index contributed by atoms with van der Waals surface area (Å²) in [5.41, 5.74) is 2.18. The molecule has 0 amide bonds. The van der Waals surface area contributed by atoms with Crippen molar-refractivity contribution in [3.8, 4) is 11.8 Å². The van der Waals surface area contributed by atoms with Crippen molar-refractivity contribution in [2.24, 2.45) is 0 Å². The van der Waals surface area contributed by atoms with Gasteiger partial charge in [-0.25, -0.2) is 4.39 Å². The third-order valence-electron chi connectivity index (χ3n) is 3.24. The van der Waals surface area contributed by atoms with Gasteiger partial charge < -0.3 is 19.5 Å². The van der Waals surface area contributed by atoms with Gasteiger partial charge in [0, 0.05) is 25.4 Å². The molecule has 0 aliphatic rings. The Kier molecular flexibility index (Phi) is 7.02. The van der Waals surface area contributed by atoms with Crippen molar-refractivity contribution in [3.63, 3.8) is 0 Å². The zero-order valence-electron chi connectivity index (χ0n) is 13.4. The highest BCUT2D eigenvalue weighted by molar-refractivity contribution is 5.55. The second-order valence-electron chi connectivity index (χ2n) is 4.97. The van der Waals surface area contributed by atoms with Crippen molar-refractivity contribution in [2.75, 3.05) is 32.4 Å². The molecule has 24 heavy (non-hydrogen) atoms. The smallest absolute Gasteiger partial charge is 0.189 e. The van der Waals surface area contributed by atoms with Gasteiger partial charge in [-0.05, 0) is 29.8 Å². The van der Waals surface area contributed by atoms with Crippen molar-refractivity contribution < 1.29 is 18.6 Å². The molecule has 0 aliphatic carbocycles. The Labute approximate surface area is 140 Å². The van der Waals surface area contributed by atoms with Crippen LogP contribution >= 0.6 is 0 Å². The molecule has 6 heteroatoms. The Hall–Kier alpha value is -2.62. The molecule has 0 radical (unpaired) electrons. The minimum Gasteiger partial charge on any atom is -0.466 e. The molecule has 0 atom stereocenters. The lowest BCUT2D eigenvalue weighted by molar-refractivity contribution is -0.00856. The van der Waals surface area contributed by atoms with Crippen LogP contribution in [0.1, 0.15) is 11.1 Å². The summed E-state index contributed by atoms with van der Waals surface area (Å²) in [4.78, 5) is 0. The van der Waals surface area contributed by atoms with E-state index in [2.05, 4.69) is 11.4 Å². The van der Waals surface area contributed by atoms with Gasteiger partial charge >= 0.3 is 0 Å². The average Bonchev–Trinajstić information content (AvgIpc) is 2.61. The maximum atomic E-state index is 12.9. The Morgan fingerprint density at radius 1 is 1.12 bits per heavy atom. The molecule has 0 aromatic heterocycles. The van der Waals surface area contributed by atoms with Gasteiger partial charge in [-0.1, -0.05) is 12.1 Å². The number of halogens is 1. The largest absolute Gasteiger partial charge is 0.466 e. The third-order valence-corrected chi connectivity index (χ3v) is 3.24. The number of hydrogen-bond acceptors (Lipinski definition) is 5. The standard InChI is InChI=1S/C18H19FN2O3/c1-22-8-9-23-13-24-18-10-17(7-4-15(18)11-20)21-12-14-2-5-16(19)6-3-14/h2-7,10,21H,8-9,12-13H2,1H3. The molecule has 0 saturated carbocycles. The number of ether oxygens (including phenoxy) is 3. The fraction of sp³-hybridized carbons (Fsp3) is 0.278. The first-order valence-electron chi connectivity index (χ1n) is 7.45. The lowest BCUT2D eigenvalue weighted by atomic mass is 10.2. The maximum absolute atomic E-state index is 12.9. The summed E-state index contributed by atoms with van der Waals surface area (Å²) < 4.78 is 28.5. The third kappa shape index (κ3) is 5.54. The maximum Gasteiger partial charge on any atom is 0.189 e. The van der Waals surface area contributed by atoms with Crippen LogP contribution < -0.4 is 10.1 Å². The zero-order valence-corrected chi connectivity index (χ0v) is 13.4. The molecular weight excluding hydrogens is 311 g/mol. The minimum atomic E-state index is -0.263. The normalized spacial score (nSPS) is 10.2. The summed E-state index contributed by atoms with van der Waals surface area (Å²) in [5, 5.41) is 12.3. The van der Waals surface area contributed by atoms with Gasteiger partial charge in [0.15, 0.2) is 6.79 Å². The summed E-state index contributed by atoms with van der Waals surface area (Å²) in [7, 11) is 1.59. The highest BCUT2D eigenvalue weighted by Gasteiger charge is 2.05. The first kappa shape index (κ1) is 17.7. The molecule has 0 unspecified atom stereocenters. The van der Waals surface area contributed by atoms with Crippen molar-refractivity contribution >= 4 is 5.69 Å². The van der Waals surface area contributed by atoms with E-state index in [1.54, 1.807) is 37.4 Å². The molecule has 0 spiro atoms. The molecule has 0 aliphatic heterocycles. The summed E-state index contributed by atoms with van der Waals surface area (Å²) >= 11 is 0. The van der Waals surface area contributed by atoms with Gasteiger partial charge in [0.25, 0.3) is 0 Å². The average molecular weight is 330 g/mol. The van der Waals surface area contributed by atoms with Gasteiger partial charge in [-0.15, -0.1) is 0 Å². The number of benzene rings is 2. The molecule has 2 aromatic rings. The van der Waals surface area contributed by atoms with Crippen LogP contribution in [0.3, 0.4) is 0 Å². The van der Waals surface area contributed by atoms with E-state index in [0.29, 0.717) is 31.1 Å². The molecule has 0 heterocycles. The number of methoxy groups -OCH3 is 1. The Bertz CT molecular complexity index is 684. The van der Waals surface area contributed by atoms with Gasteiger partial charge in [-0.2, -0.15) is 5.26 Å². The zero-order chi connectivity index (χ0) is 17.2. The highest BCUT2D eigenvalue weighted by Crippen LogP contribution is 2.23. The topological polar surface area (TPSA) is 63.5 Å². The van der Waals surface area contributed by atoms with E-state index in [4.69, 9.17) is 19.5 Å². The number of anilines is 1. The predicted octanol–water partition coefficient (Wildman–Crippen LogP) is 3.31. The fourth-order valence-corrected chi connectivity index (χ4v) is 1.96. The first-order chi connectivity index (χ1) is 11.7. The Balaban J connectivity index is 1.94. The van der Waals surface area contributed by atoms with Crippen molar-refractivity contribution in [3.05, 3.63) is 59.4 Å². The molecule has 0 fully saturated rings. The second kappa shape index (κ2) is 9.50. The van der Waals surface area contributed by atoms with Gasteiger partial charge in [0.1, 0.15) is 17.6 Å². The Morgan fingerprint density at radius 2 is 1.92 bits per heavy atom. The van der Waals surface area contributed by atoms with Crippen molar-refractivity contribution in [2.45, 2.75) is 6.54 Å². The van der Waals surface area contributed by atoms with E-state index in [9.17, 15) is 4.39 Å². The molecule has 0 bridgehead atoms. The predicted molar refractivity (Wildman–Crippen MR) is 88.2 cm³/mol. The molecule has 126 valence electrons. The van der Waals surface area contributed by atoms with E-state index in [-0.39, 0.29) is 12.6 Å². The van der Waals surface area contributed by atoms with E-state index >= 15 is 0 Å². The van der Waals surface area contributed by atoms with E-state index in [1.807, 2.05) is 0 Å². The van der Waals surface area contributed by atoms with Crippen LogP contribution in [0.4, 0.5) is 10.1 Å². The van der Waals surface area contributed by atoms with Gasteiger partial charge in [0.2, 0.25) is 0 Å². The van der Waals surface area contributed by atoms with Crippen LogP contribution in [-0.2, 0) is 16.0 Å². The van der Waals surface area contributed by atoms with E-state index < -0.39 is 0 Å². The molecule has 2 rings (SSSR count). The number of nitriles is 1. The molecule has 2 aromatic carbocycles. The summed E-state index contributed by atoms with van der Waals surface area (Å²) in [5.74, 6) is 0.181. The van der Waals surface area contributed by atoms with Crippen LogP contribution in [-0.4, -0.2) is 27.1 Å².